The summed E-state index contributed by atoms with van der Waals surface area (Å²) in [6.45, 7) is 0.636. The fourth-order valence-corrected chi connectivity index (χ4v) is 3.24. The van der Waals surface area contributed by atoms with Crippen molar-refractivity contribution in [2.75, 3.05) is 24.6 Å². The van der Waals surface area contributed by atoms with E-state index in [4.69, 9.17) is 4.74 Å². The number of carbonyl (C=O) groups is 3. The van der Waals surface area contributed by atoms with E-state index in [0.29, 0.717) is 24.4 Å². The van der Waals surface area contributed by atoms with E-state index in [9.17, 15) is 19.5 Å². The van der Waals surface area contributed by atoms with E-state index in [1.165, 1.54) is 9.80 Å². The number of carbonyl (C=O) groups excluding carboxylic acids is 2. The molecule has 2 heterocycles. The number of piperidine rings is 1. The maximum absolute atomic E-state index is 12.5. The first-order chi connectivity index (χ1) is 11.6. The number of rotatable bonds is 4. The van der Waals surface area contributed by atoms with Gasteiger partial charge in [-0.25, -0.2) is 4.79 Å². The zero-order valence-corrected chi connectivity index (χ0v) is 13.3. The summed E-state index contributed by atoms with van der Waals surface area (Å²) in [5, 5.41) is 9.27. The molecule has 3 rings (SSSR count). The fraction of sp³-hybridized carbons (Fsp3) is 0.471. The number of para-hydroxylation sites is 2. The monoisotopic (exact) mass is 332 g/mol. The third-order valence-electron chi connectivity index (χ3n) is 4.47. The van der Waals surface area contributed by atoms with Gasteiger partial charge in [0.15, 0.2) is 6.61 Å². The van der Waals surface area contributed by atoms with Crippen LogP contribution in [0.25, 0.3) is 0 Å². The topological polar surface area (TPSA) is 87.2 Å². The Morgan fingerprint density at radius 1 is 1.25 bits per heavy atom. The minimum Gasteiger partial charge on any atom is -0.482 e. The highest BCUT2D eigenvalue weighted by Gasteiger charge is 2.32. The van der Waals surface area contributed by atoms with Gasteiger partial charge in [-0.05, 0) is 31.4 Å². The molecule has 0 aromatic heterocycles. The summed E-state index contributed by atoms with van der Waals surface area (Å²) < 4.78 is 5.37. The Hall–Kier alpha value is -2.57. The average Bonchev–Trinajstić information content (AvgIpc) is 2.60. The van der Waals surface area contributed by atoms with Crippen LogP contribution in [0.15, 0.2) is 24.3 Å². The van der Waals surface area contributed by atoms with Crippen LogP contribution < -0.4 is 9.64 Å². The molecule has 2 amide bonds. The molecule has 2 aliphatic rings. The van der Waals surface area contributed by atoms with Gasteiger partial charge in [-0.3, -0.25) is 9.59 Å². The molecule has 1 aromatic rings. The van der Waals surface area contributed by atoms with Crippen LogP contribution in [0.1, 0.15) is 25.7 Å². The molecule has 1 fully saturated rings. The van der Waals surface area contributed by atoms with Crippen LogP contribution >= 0.6 is 0 Å². The van der Waals surface area contributed by atoms with Crippen molar-refractivity contribution >= 4 is 23.5 Å². The number of hydrogen-bond acceptors (Lipinski definition) is 4. The van der Waals surface area contributed by atoms with Crippen molar-refractivity contribution in [2.45, 2.75) is 31.7 Å². The van der Waals surface area contributed by atoms with Gasteiger partial charge in [0.2, 0.25) is 5.91 Å². The number of amides is 2. The summed E-state index contributed by atoms with van der Waals surface area (Å²) in [6.07, 6.45) is 2.22. The first-order valence-corrected chi connectivity index (χ1v) is 8.12. The van der Waals surface area contributed by atoms with E-state index < -0.39 is 12.0 Å². The number of likely N-dealkylation sites (tertiary alicyclic amines) is 1. The van der Waals surface area contributed by atoms with Crippen molar-refractivity contribution in [3.63, 3.8) is 0 Å². The lowest BCUT2D eigenvalue weighted by Crippen LogP contribution is -2.49. The molecular weight excluding hydrogens is 312 g/mol. The van der Waals surface area contributed by atoms with Crippen LogP contribution in [0.4, 0.5) is 5.69 Å². The second-order valence-electron chi connectivity index (χ2n) is 5.99. The van der Waals surface area contributed by atoms with E-state index in [0.717, 1.165) is 12.8 Å². The van der Waals surface area contributed by atoms with Crippen molar-refractivity contribution in [1.82, 2.24) is 4.90 Å². The van der Waals surface area contributed by atoms with Gasteiger partial charge in [0, 0.05) is 19.5 Å². The fourth-order valence-electron chi connectivity index (χ4n) is 3.24. The van der Waals surface area contributed by atoms with E-state index >= 15 is 0 Å². The molecule has 24 heavy (non-hydrogen) atoms. The maximum atomic E-state index is 12.5. The van der Waals surface area contributed by atoms with Crippen LogP contribution in [-0.2, 0) is 14.4 Å². The number of carboxylic acids is 1. The van der Waals surface area contributed by atoms with Crippen molar-refractivity contribution in [3.8, 4) is 5.75 Å². The predicted molar refractivity (Wildman–Crippen MR) is 85.9 cm³/mol. The molecule has 0 saturated carbocycles. The van der Waals surface area contributed by atoms with Crippen molar-refractivity contribution in [3.05, 3.63) is 24.3 Å². The zero-order valence-electron chi connectivity index (χ0n) is 13.3. The van der Waals surface area contributed by atoms with Crippen LogP contribution in [0, 0.1) is 0 Å². The SMILES string of the molecule is O=C(O)[C@@H]1CCCCN1C(=O)CCN1C(=O)COc2ccccc21. The Labute approximate surface area is 139 Å². The second kappa shape index (κ2) is 6.90. The molecule has 0 bridgehead atoms. The summed E-state index contributed by atoms with van der Waals surface area (Å²) in [6, 6.07) is 6.43. The zero-order chi connectivity index (χ0) is 17.1. The number of fused-ring (bicyclic) bond motifs is 1. The van der Waals surface area contributed by atoms with Crippen LogP contribution in [0.5, 0.6) is 5.75 Å². The highest BCUT2D eigenvalue weighted by atomic mass is 16.5. The van der Waals surface area contributed by atoms with E-state index in [1.807, 2.05) is 6.07 Å². The molecule has 7 nitrogen and oxygen atoms in total. The summed E-state index contributed by atoms with van der Waals surface area (Å²) in [5.74, 6) is -0.768. The molecule has 7 heteroatoms. The van der Waals surface area contributed by atoms with Crippen LogP contribution in [-0.4, -0.2) is 53.5 Å². The standard InChI is InChI=1S/C17H20N2O5/c20-15(18-9-4-3-6-13(18)17(22)23)8-10-19-12-5-1-2-7-14(12)24-11-16(19)21/h1-2,5,7,13H,3-4,6,8-11H2,(H,22,23)/t13-/m0/s1. The van der Waals surface area contributed by atoms with Gasteiger partial charge in [0.1, 0.15) is 11.8 Å². The third-order valence-corrected chi connectivity index (χ3v) is 4.47. The summed E-state index contributed by atoms with van der Waals surface area (Å²) in [4.78, 5) is 38.9. The lowest BCUT2D eigenvalue weighted by Gasteiger charge is -2.34. The van der Waals surface area contributed by atoms with Gasteiger partial charge < -0.3 is 19.6 Å². The number of aliphatic carboxylic acids is 1. The number of carboxylic acid groups (broad SMARTS) is 1. The van der Waals surface area contributed by atoms with E-state index in [2.05, 4.69) is 0 Å². The number of hydrogen-bond donors (Lipinski definition) is 1. The Morgan fingerprint density at radius 3 is 2.83 bits per heavy atom. The lowest BCUT2D eigenvalue weighted by atomic mass is 10.0. The Kier molecular flexibility index (Phi) is 4.69. The molecule has 1 atom stereocenters. The molecule has 0 aliphatic carbocycles. The molecule has 1 aromatic carbocycles. The first kappa shape index (κ1) is 16.3. The molecule has 0 radical (unpaired) electrons. The molecule has 1 N–H and O–H groups in total. The minimum absolute atomic E-state index is 0.0489. The van der Waals surface area contributed by atoms with Crippen LogP contribution in [0.2, 0.25) is 0 Å². The van der Waals surface area contributed by atoms with Crippen molar-refractivity contribution in [2.24, 2.45) is 0 Å². The summed E-state index contributed by atoms with van der Waals surface area (Å²) in [7, 11) is 0. The summed E-state index contributed by atoms with van der Waals surface area (Å²) in [5.41, 5.74) is 0.648. The highest BCUT2D eigenvalue weighted by molar-refractivity contribution is 5.98. The highest BCUT2D eigenvalue weighted by Crippen LogP contribution is 2.31. The molecule has 0 spiro atoms. The van der Waals surface area contributed by atoms with Gasteiger partial charge in [0.05, 0.1) is 5.69 Å². The molecular formula is C17H20N2O5. The first-order valence-electron chi connectivity index (χ1n) is 8.12. The van der Waals surface area contributed by atoms with E-state index in [1.54, 1.807) is 18.2 Å². The molecule has 128 valence electrons. The number of ether oxygens (including phenoxy) is 1. The Bertz CT molecular complexity index is 660. The largest absolute Gasteiger partial charge is 0.482 e. The second-order valence-corrected chi connectivity index (χ2v) is 5.99. The van der Waals surface area contributed by atoms with Gasteiger partial charge >= 0.3 is 5.97 Å². The Balaban J connectivity index is 1.68. The predicted octanol–water partition coefficient (Wildman–Crippen LogP) is 1.27. The smallest absolute Gasteiger partial charge is 0.326 e. The number of anilines is 1. The average molecular weight is 332 g/mol. The van der Waals surface area contributed by atoms with Gasteiger partial charge in [-0.1, -0.05) is 12.1 Å². The minimum atomic E-state index is -0.962. The normalized spacial score (nSPS) is 20.3. The third kappa shape index (κ3) is 3.20. The van der Waals surface area contributed by atoms with Gasteiger partial charge in [0.25, 0.3) is 5.91 Å². The molecule has 0 unspecified atom stereocenters. The molecule has 1 saturated heterocycles. The van der Waals surface area contributed by atoms with Crippen molar-refractivity contribution < 1.29 is 24.2 Å². The van der Waals surface area contributed by atoms with Gasteiger partial charge in [-0.2, -0.15) is 0 Å². The number of nitrogens with zero attached hydrogens (tertiary/aromatic N) is 2. The van der Waals surface area contributed by atoms with E-state index in [-0.39, 0.29) is 31.4 Å². The van der Waals surface area contributed by atoms with Gasteiger partial charge in [-0.15, -0.1) is 0 Å². The van der Waals surface area contributed by atoms with Crippen molar-refractivity contribution in [1.29, 1.82) is 0 Å². The maximum Gasteiger partial charge on any atom is 0.326 e. The molecule has 2 aliphatic heterocycles. The Morgan fingerprint density at radius 2 is 2.04 bits per heavy atom. The summed E-state index contributed by atoms with van der Waals surface area (Å²) >= 11 is 0. The number of benzene rings is 1. The quantitative estimate of drug-likeness (QED) is 0.897. The van der Waals surface area contributed by atoms with Crippen LogP contribution in [0.3, 0.4) is 0 Å². The lowest BCUT2D eigenvalue weighted by molar-refractivity contribution is -0.152.